The summed E-state index contributed by atoms with van der Waals surface area (Å²) in [6.45, 7) is 0. The van der Waals surface area contributed by atoms with Gasteiger partial charge in [-0.15, -0.1) is 0 Å². The first-order valence-corrected chi connectivity index (χ1v) is 11.0. The van der Waals surface area contributed by atoms with Gasteiger partial charge in [-0.05, 0) is 12.1 Å². The number of ether oxygens (including phenoxy) is 2. The molecule has 2 N–H and O–H groups in total. The number of rotatable bonds is 8. The van der Waals surface area contributed by atoms with Crippen LogP contribution in [0.3, 0.4) is 0 Å². The van der Waals surface area contributed by atoms with Gasteiger partial charge in [-0.2, -0.15) is 20.2 Å². The Morgan fingerprint density at radius 1 is 1.09 bits per heavy atom. The van der Waals surface area contributed by atoms with Gasteiger partial charge in [0.2, 0.25) is 24.1 Å². The summed E-state index contributed by atoms with van der Waals surface area (Å²) in [6, 6.07) is 8.59. The molecule has 4 rings (SSSR count). The maximum atomic E-state index is 13.1. The Hall–Kier alpha value is -3.87. The molecule has 10 nitrogen and oxygen atoms in total. The van der Waals surface area contributed by atoms with Crippen molar-refractivity contribution in [3.8, 4) is 23.0 Å². The molecule has 0 spiro atoms. The Kier molecular flexibility index (Phi) is 6.05. The second-order valence-corrected chi connectivity index (χ2v) is 8.39. The summed E-state index contributed by atoms with van der Waals surface area (Å²) >= 11 is 0. The van der Waals surface area contributed by atoms with Crippen molar-refractivity contribution in [1.82, 2.24) is 25.1 Å². The van der Waals surface area contributed by atoms with Crippen LogP contribution >= 0.6 is 0 Å². The molecule has 0 aliphatic rings. The average molecular weight is 476 g/mol. The highest BCUT2D eigenvalue weighted by Crippen LogP contribution is 2.33. The lowest BCUT2D eigenvalue weighted by Gasteiger charge is -2.13. The van der Waals surface area contributed by atoms with E-state index in [1.54, 1.807) is 30.3 Å². The zero-order valence-corrected chi connectivity index (χ0v) is 18.2. The van der Waals surface area contributed by atoms with Crippen LogP contribution in [0.25, 0.3) is 22.2 Å². The molecule has 172 valence electrons. The van der Waals surface area contributed by atoms with Gasteiger partial charge >= 0.3 is 0 Å². The number of hydrogen-bond donors (Lipinski definition) is 2. The van der Waals surface area contributed by atoms with Gasteiger partial charge in [0.1, 0.15) is 4.90 Å². The third-order valence-electron chi connectivity index (χ3n) is 4.72. The molecule has 3 aromatic heterocycles. The van der Waals surface area contributed by atoms with E-state index in [1.807, 2.05) is 0 Å². The van der Waals surface area contributed by atoms with Crippen LogP contribution in [-0.2, 0) is 16.4 Å². The fourth-order valence-electron chi connectivity index (χ4n) is 3.34. The molecule has 0 aliphatic heterocycles. The Bertz CT molecular complexity index is 1370. The number of fused-ring (bicyclic) bond motifs is 1. The fraction of sp³-hybridized carbons (Fsp3) is 0.200. The van der Waals surface area contributed by atoms with Crippen LogP contribution in [0, 0.1) is 0 Å². The van der Waals surface area contributed by atoms with Gasteiger partial charge in [0.05, 0.1) is 31.0 Å². The first kappa shape index (κ1) is 22.3. The molecule has 0 aliphatic carbocycles. The van der Waals surface area contributed by atoms with E-state index in [2.05, 4.69) is 29.9 Å². The van der Waals surface area contributed by atoms with Crippen molar-refractivity contribution in [3.63, 3.8) is 0 Å². The molecule has 0 radical (unpaired) electrons. The van der Waals surface area contributed by atoms with E-state index in [0.717, 1.165) is 0 Å². The third-order valence-corrected chi connectivity index (χ3v) is 6.09. The summed E-state index contributed by atoms with van der Waals surface area (Å²) in [5, 5.41) is 8.33. The molecule has 0 bridgehead atoms. The van der Waals surface area contributed by atoms with Crippen molar-refractivity contribution < 1.29 is 26.7 Å². The summed E-state index contributed by atoms with van der Waals surface area (Å²) in [5.41, 5.74) is 1.70. The van der Waals surface area contributed by atoms with Crippen LogP contribution in [0.1, 0.15) is 5.56 Å². The Labute approximate surface area is 187 Å². The van der Waals surface area contributed by atoms with Gasteiger partial charge in [-0.1, -0.05) is 18.2 Å². The number of H-pyrrole nitrogens is 1. The monoisotopic (exact) mass is 476 g/mol. The van der Waals surface area contributed by atoms with E-state index in [-0.39, 0.29) is 28.2 Å². The number of benzene rings is 1. The first-order chi connectivity index (χ1) is 15.8. The highest BCUT2D eigenvalue weighted by molar-refractivity contribution is 7.93. The van der Waals surface area contributed by atoms with Crippen molar-refractivity contribution in [2.24, 2.45) is 0 Å². The maximum Gasteiger partial charge on any atom is 0.266 e. The quantitative estimate of drug-likeness (QED) is 0.397. The van der Waals surface area contributed by atoms with Gasteiger partial charge in [0.25, 0.3) is 10.0 Å². The zero-order chi connectivity index (χ0) is 23.6. The van der Waals surface area contributed by atoms with Crippen LogP contribution in [0.5, 0.6) is 11.8 Å². The molecule has 33 heavy (non-hydrogen) atoms. The molecule has 0 saturated carbocycles. The smallest absolute Gasteiger partial charge is 0.266 e. The molecule has 13 heteroatoms. The summed E-state index contributed by atoms with van der Waals surface area (Å²) in [5.74, 6) is -0.825. The number of nitrogens with one attached hydrogen (secondary N) is 2. The number of hydrogen-bond acceptors (Lipinski definition) is 8. The molecule has 0 unspecified atom stereocenters. The van der Waals surface area contributed by atoms with Gasteiger partial charge in [0, 0.05) is 29.8 Å². The minimum atomic E-state index is -4.18. The molecular weight excluding hydrogens is 458 g/mol. The Morgan fingerprint density at radius 3 is 2.42 bits per heavy atom. The summed E-state index contributed by atoms with van der Waals surface area (Å²) < 4.78 is 64.5. The predicted octanol–water partition coefficient (Wildman–Crippen LogP) is 3.04. The number of halogens is 2. The number of aromatic nitrogens is 5. The minimum absolute atomic E-state index is 0.0681. The predicted molar refractivity (Wildman–Crippen MR) is 115 cm³/mol. The highest BCUT2D eigenvalue weighted by Gasteiger charge is 2.25. The number of para-hydroxylation sites is 1. The summed E-state index contributed by atoms with van der Waals surface area (Å²) in [6.07, 6.45) is -0.555. The Morgan fingerprint density at radius 2 is 1.82 bits per heavy atom. The Balaban J connectivity index is 1.74. The SMILES string of the molecule is COc1nc(NS(=O)(=O)c2c[nH]c3c(-c4cccnn4)cccc23)nc(OC)c1CC(F)F. The molecule has 0 saturated heterocycles. The number of sulfonamides is 1. The van der Waals surface area contributed by atoms with Crippen LogP contribution in [0.15, 0.2) is 47.6 Å². The summed E-state index contributed by atoms with van der Waals surface area (Å²) in [4.78, 5) is 10.7. The first-order valence-electron chi connectivity index (χ1n) is 9.52. The lowest BCUT2D eigenvalue weighted by atomic mass is 10.1. The zero-order valence-electron chi connectivity index (χ0n) is 17.4. The average Bonchev–Trinajstić information content (AvgIpc) is 3.25. The molecule has 1 aromatic carbocycles. The van der Waals surface area contributed by atoms with Crippen LogP contribution in [0.2, 0.25) is 0 Å². The highest BCUT2D eigenvalue weighted by atomic mass is 32.2. The number of nitrogens with zero attached hydrogens (tertiary/aromatic N) is 4. The number of aromatic amines is 1. The normalized spacial score (nSPS) is 11.7. The van der Waals surface area contributed by atoms with E-state index in [4.69, 9.17) is 9.47 Å². The van der Waals surface area contributed by atoms with Gasteiger partial charge in [0.15, 0.2) is 0 Å². The summed E-state index contributed by atoms with van der Waals surface area (Å²) in [7, 11) is -1.73. The van der Waals surface area contributed by atoms with Crippen molar-refractivity contribution >= 4 is 26.9 Å². The second-order valence-electron chi connectivity index (χ2n) is 6.73. The molecule has 4 aromatic rings. The number of anilines is 1. The molecule has 3 heterocycles. The number of alkyl halides is 2. The molecule has 0 fully saturated rings. The largest absolute Gasteiger partial charge is 0.481 e. The van der Waals surface area contributed by atoms with Crippen LogP contribution < -0.4 is 14.2 Å². The second kappa shape index (κ2) is 8.94. The lowest BCUT2D eigenvalue weighted by Crippen LogP contribution is -2.16. The van der Waals surface area contributed by atoms with Gasteiger partial charge < -0.3 is 14.5 Å². The van der Waals surface area contributed by atoms with Crippen molar-refractivity contribution in [1.29, 1.82) is 0 Å². The number of methoxy groups -OCH3 is 2. The van der Waals surface area contributed by atoms with E-state index < -0.39 is 22.9 Å². The minimum Gasteiger partial charge on any atom is -0.481 e. The van der Waals surface area contributed by atoms with E-state index in [9.17, 15) is 17.2 Å². The molecule has 0 atom stereocenters. The van der Waals surface area contributed by atoms with Gasteiger partial charge in [-0.25, -0.2) is 21.9 Å². The lowest BCUT2D eigenvalue weighted by molar-refractivity contribution is 0.146. The molecule has 0 amide bonds. The maximum absolute atomic E-state index is 13.1. The van der Waals surface area contributed by atoms with Gasteiger partial charge in [-0.3, -0.25) is 0 Å². The standard InChI is InChI=1S/C20H18F2N6O4S/c1-31-18-13(9-16(21)22)19(32-2)26-20(25-18)28-33(29,30)15-10-23-17-11(5-3-6-12(15)17)14-7-4-8-24-27-14/h3-8,10,16,23H,9H2,1-2H3,(H,25,26,28). The van der Waals surface area contributed by atoms with Crippen molar-refractivity contribution in [2.75, 3.05) is 18.9 Å². The molecular formula is C20H18F2N6O4S. The van der Waals surface area contributed by atoms with E-state index in [0.29, 0.717) is 22.2 Å². The fourth-order valence-corrected chi connectivity index (χ4v) is 4.46. The topological polar surface area (TPSA) is 132 Å². The third kappa shape index (κ3) is 4.39. The van der Waals surface area contributed by atoms with Crippen LogP contribution in [0.4, 0.5) is 14.7 Å². The van der Waals surface area contributed by atoms with E-state index >= 15 is 0 Å². The van der Waals surface area contributed by atoms with Crippen molar-refractivity contribution in [3.05, 3.63) is 48.3 Å². The van der Waals surface area contributed by atoms with Crippen LogP contribution in [-0.4, -0.2) is 54.2 Å². The van der Waals surface area contributed by atoms with E-state index in [1.165, 1.54) is 26.6 Å². The van der Waals surface area contributed by atoms with Crippen molar-refractivity contribution in [2.45, 2.75) is 17.7 Å².